The average molecular weight is 479 g/mol. The van der Waals surface area contributed by atoms with Gasteiger partial charge in [0.2, 0.25) is 11.8 Å². The maximum Gasteiger partial charge on any atom is 0.243 e. The monoisotopic (exact) mass is 478 g/mol. The van der Waals surface area contributed by atoms with Crippen molar-refractivity contribution in [2.24, 2.45) is 0 Å². The molecule has 0 aliphatic heterocycles. The molecule has 0 saturated carbocycles. The van der Waals surface area contributed by atoms with Crippen molar-refractivity contribution in [2.75, 3.05) is 5.75 Å². The Kier molecular flexibility index (Phi) is 9.71. The Morgan fingerprint density at radius 1 is 0.882 bits per heavy atom. The highest BCUT2D eigenvalue weighted by molar-refractivity contribution is 7.99. The minimum Gasteiger partial charge on any atom is -0.352 e. The summed E-state index contributed by atoms with van der Waals surface area (Å²) in [7, 11) is 0. The van der Waals surface area contributed by atoms with Gasteiger partial charge in [0.25, 0.3) is 0 Å². The number of carbonyl (C=O) groups excluding carboxylic acids is 2. The predicted octanol–water partition coefficient (Wildman–Crippen LogP) is 5.22. The Morgan fingerprint density at radius 3 is 2.09 bits per heavy atom. The first-order valence-corrected chi connectivity index (χ1v) is 12.6. The molecular weight excluding hydrogens is 447 g/mol. The van der Waals surface area contributed by atoms with Crippen molar-refractivity contribution in [3.8, 4) is 0 Å². The Bertz CT molecular complexity index is 1060. The van der Waals surface area contributed by atoms with Crippen LogP contribution in [-0.4, -0.2) is 34.6 Å². The van der Waals surface area contributed by atoms with Crippen LogP contribution in [0.5, 0.6) is 0 Å². The third-order valence-corrected chi connectivity index (χ3v) is 6.33. The summed E-state index contributed by atoms with van der Waals surface area (Å²) < 4.78 is 14.5. The van der Waals surface area contributed by atoms with Gasteiger partial charge in [0.15, 0.2) is 0 Å². The lowest BCUT2D eigenvalue weighted by molar-refractivity contribution is -0.139. The van der Waals surface area contributed by atoms with Crippen LogP contribution in [0.1, 0.15) is 30.5 Å². The van der Waals surface area contributed by atoms with Gasteiger partial charge in [0.1, 0.15) is 11.9 Å². The quantitative estimate of drug-likeness (QED) is 0.411. The fraction of sp³-hybridized carbons (Fsp3) is 0.286. The van der Waals surface area contributed by atoms with E-state index in [0.717, 1.165) is 11.1 Å². The number of thioether (sulfide) groups is 1. The zero-order chi connectivity index (χ0) is 24.3. The molecule has 34 heavy (non-hydrogen) atoms. The van der Waals surface area contributed by atoms with Gasteiger partial charge in [0, 0.05) is 30.3 Å². The molecule has 0 fully saturated rings. The fourth-order valence-corrected chi connectivity index (χ4v) is 4.53. The Balaban J connectivity index is 1.86. The van der Waals surface area contributed by atoms with E-state index in [2.05, 4.69) is 5.32 Å². The minimum absolute atomic E-state index is 0.0282. The number of nitrogens with one attached hydrogen (secondary N) is 1. The van der Waals surface area contributed by atoms with Crippen LogP contribution in [0.3, 0.4) is 0 Å². The lowest BCUT2D eigenvalue weighted by Crippen LogP contribution is -2.52. The van der Waals surface area contributed by atoms with Crippen LogP contribution in [0, 0.1) is 5.82 Å². The zero-order valence-electron chi connectivity index (χ0n) is 19.6. The minimum atomic E-state index is -0.755. The molecule has 3 rings (SSSR count). The summed E-state index contributed by atoms with van der Waals surface area (Å²) in [6.45, 7) is 3.80. The molecule has 0 unspecified atom stereocenters. The molecule has 0 spiro atoms. The number of carbonyl (C=O) groups is 2. The highest BCUT2D eigenvalue weighted by atomic mass is 32.2. The fourth-order valence-electron chi connectivity index (χ4n) is 3.66. The second-order valence-corrected chi connectivity index (χ2v) is 9.45. The van der Waals surface area contributed by atoms with Crippen molar-refractivity contribution >= 4 is 23.6 Å². The number of amides is 2. The maximum absolute atomic E-state index is 14.5. The van der Waals surface area contributed by atoms with Crippen LogP contribution in [0.4, 0.5) is 4.39 Å². The molecule has 3 aromatic carbocycles. The van der Waals surface area contributed by atoms with Gasteiger partial charge in [-0.15, -0.1) is 11.8 Å². The van der Waals surface area contributed by atoms with Crippen LogP contribution >= 0.6 is 11.8 Å². The molecule has 0 heterocycles. The second-order valence-electron chi connectivity index (χ2n) is 8.46. The molecule has 0 radical (unpaired) electrons. The molecule has 1 atom stereocenters. The van der Waals surface area contributed by atoms with Crippen molar-refractivity contribution in [3.63, 3.8) is 0 Å². The topological polar surface area (TPSA) is 49.4 Å². The second kappa shape index (κ2) is 12.9. The summed E-state index contributed by atoms with van der Waals surface area (Å²) in [5, 5.41) is 2.95. The summed E-state index contributed by atoms with van der Waals surface area (Å²) in [5.41, 5.74) is 2.45. The summed E-state index contributed by atoms with van der Waals surface area (Å²) in [6, 6.07) is 25.1. The van der Waals surface area contributed by atoms with Crippen LogP contribution in [0.25, 0.3) is 0 Å². The maximum atomic E-state index is 14.5. The van der Waals surface area contributed by atoms with E-state index in [1.807, 2.05) is 74.5 Å². The summed E-state index contributed by atoms with van der Waals surface area (Å²) in [4.78, 5) is 28.3. The standard InChI is InChI=1S/C28H31FN2O2S/c1-21(2)30-28(33)26(17-22-11-5-3-6-12-22)31(18-24-15-9-10-16-25(24)29)27(32)20-34-19-23-13-7-4-8-14-23/h3-16,21,26H,17-20H2,1-2H3,(H,30,33)/t26-/m1/s1. The normalized spacial score (nSPS) is 11.8. The molecule has 2 amide bonds. The number of benzene rings is 3. The van der Waals surface area contributed by atoms with Gasteiger partial charge in [0.05, 0.1) is 5.75 Å². The van der Waals surface area contributed by atoms with Gasteiger partial charge in [-0.3, -0.25) is 9.59 Å². The van der Waals surface area contributed by atoms with Gasteiger partial charge >= 0.3 is 0 Å². The third kappa shape index (κ3) is 7.73. The zero-order valence-corrected chi connectivity index (χ0v) is 20.4. The Morgan fingerprint density at radius 2 is 1.47 bits per heavy atom. The SMILES string of the molecule is CC(C)NC(=O)[C@@H](Cc1ccccc1)N(Cc1ccccc1F)C(=O)CSCc1ccccc1. The summed E-state index contributed by atoms with van der Waals surface area (Å²) in [5.74, 6) is 0.0613. The van der Waals surface area contributed by atoms with Crippen LogP contribution in [0.2, 0.25) is 0 Å². The summed E-state index contributed by atoms with van der Waals surface area (Å²) >= 11 is 1.49. The Labute approximate surface area is 205 Å². The number of nitrogens with zero attached hydrogens (tertiary/aromatic N) is 1. The van der Waals surface area contributed by atoms with E-state index in [4.69, 9.17) is 0 Å². The van der Waals surface area contributed by atoms with Crippen molar-refractivity contribution in [3.05, 3.63) is 107 Å². The highest BCUT2D eigenvalue weighted by Crippen LogP contribution is 2.19. The Hall–Kier alpha value is -3.12. The first-order chi connectivity index (χ1) is 16.4. The third-order valence-electron chi connectivity index (χ3n) is 5.34. The predicted molar refractivity (Wildman–Crippen MR) is 137 cm³/mol. The lowest BCUT2D eigenvalue weighted by Gasteiger charge is -2.32. The number of halogens is 1. The van der Waals surface area contributed by atoms with Gasteiger partial charge in [-0.2, -0.15) is 0 Å². The van der Waals surface area contributed by atoms with Gasteiger partial charge in [-0.05, 0) is 31.0 Å². The van der Waals surface area contributed by atoms with Gasteiger partial charge < -0.3 is 10.2 Å². The van der Waals surface area contributed by atoms with Crippen LogP contribution < -0.4 is 5.32 Å². The smallest absolute Gasteiger partial charge is 0.243 e. The molecule has 0 aliphatic rings. The van der Waals surface area contributed by atoms with Gasteiger partial charge in [-0.25, -0.2) is 4.39 Å². The van der Waals surface area contributed by atoms with Crippen molar-refractivity contribution in [1.29, 1.82) is 0 Å². The van der Waals surface area contributed by atoms with E-state index in [0.29, 0.717) is 17.7 Å². The molecular formula is C28H31FN2O2S. The largest absolute Gasteiger partial charge is 0.352 e. The van der Waals surface area contributed by atoms with E-state index in [9.17, 15) is 14.0 Å². The van der Waals surface area contributed by atoms with E-state index in [1.165, 1.54) is 22.7 Å². The molecule has 0 aliphatic carbocycles. The number of rotatable bonds is 11. The molecule has 0 saturated heterocycles. The van der Waals surface area contributed by atoms with Crippen LogP contribution in [-0.2, 0) is 28.3 Å². The number of hydrogen-bond acceptors (Lipinski definition) is 3. The van der Waals surface area contributed by atoms with E-state index >= 15 is 0 Å². The highest BCUT2D eigenvalue weighted by Gasteiger charge is 2.31. The molecule has 1 N–H and O–H groups in total. The van der Waals surface area contributed by atoms with E-state index < -0.39 is 6.04 Å². The molecule has 6 heteroatoms. The summed E-state index contributed by atoms with van der Waals surface area (Å²) in [6.07, 6.45) is 0.350. The van der Waals surface area contributed by atoms with Crippen LogP contribution in [0.15, 0.2) is 84.9 Å². The molecule has 0 bridgehead atoms. The lowest BCUT2D eigenvalue weighted by atomic mass is 10.0. The van der Waals surface area contributed by atoms with Crippen molar-refractivity contribution in [1.82, 2.24) is 10.2 Å². The average Bonchev–Trinajstić information content (AvgIpc) is 2.83. The first kappa shape index (κ1) is 25.5. The van der Waals surface area contributed by atoms with E-state index in [-0.39, 0.29) is 36.0 Å². The first-order valence-electron chi connectivity index (χ1n) is 11.4. The number of hydrogen-bond donors (Lipinski definition) is 1. The molecule has 0 aromatic heterocycles. The van der Waals surface area contributed by atoms with Crippen molar-refractivity contribution in [2.45, 2.75) is 44.6 Å². The molecule has 3 aromatic rings. The van der Waals surface area contributed by atoms with Crippen molar-refractivity contribution < 1.29 is 14.0 Å². The molecule has 178 valence electrons. The molecule has 4 nitrogen and oxygen atoms in total. The van der Waals surface area contributed by atoms with E-state index in [1.54, 1.807) is 18.2 Å². The van der Waals surface area contributed by atoms with Gasteiger partial charge in [-0.1, -0.05) is 78.9 Å².